The molecule has 4 aromatic rings. The van der Waals surface area contributed by atoms with E-state index in [0.717, 1.165) is 32.9 Å². The molecule has 0 bridgehead atoms. The second-order valence-corrected chi connectivity index (χ2v) is 6.79. The maximum absolute atomic E-state index is 4.82. The number of aromatic nitrogens is 3. The maximum atomic E-state index is 4.82. The van der Waals surface area contributed by atoms with Crippen LogP contribution >= 0.6 is 15.9 Å². The molecule has 1 heterocycles. The fourth-order valence-corrected chi connectivity index (χ4v) is 2.94. The molecule has 0 aliphatic heterocycles. The number of nitrogens with zero attached hydrogens (tertiary/aromatic N) is 3. The number of benzene rings is 3. The van der Waals surface area contributed by atoms with E-state index in [1.807, 2.05) is 59.3 Å². The highest BCUT2D eigenvalue weighted by Gasteiger charge is 2.14. The van der Waals surface area contributed by atoms with Crippen LogP contribution in [-0.4, -0.2) is 14.8 Å². The Labute approximate surface area is 155 Å². The quantitative estimate of drug-likeness (QED) is 0.451. The van der Waals surface area contributed by atoms with Gasteiger partial charge in [0.1, 0.15) is 0 Å². The first kappa shape index (κ1) is 15.8. The smallest absolute Gasteiger partial charge is 0.182 e. The summed E-state index contributed by atoms with van der Waals surface area (Å²) in [7, 11) is 0. The van der Waals surface area contributed by atoms with Crippen molar-refractivity contribution in [2.75, 3.05) is 0 Å². The fraction of sp³-hybridized carbons (Fsp3) is 0.0476. The molecule has 3 aromatic carbocycles. The van der Waals surface area contributed by atoms with Crippen molar-refractivity contribution in [2.24, 2.45) is 0 Å². The lowest BCUT2D eigenvalue weighted by molar-refractivity contribution is 0.890. The van der Waals surface area contributed by atoms with Crippen LogP contribution in [0.5, 0.6) is 0 Å². The SMILES string of the molecule is Cc1ccc(-n2nc(-c3ccccc3)nc2-c2ccc(Br)cc2)cc1. The third kappa shape index (κ3) is 3.26. The summed E-state index contributed by atoms with van der Waals surface area (Å²) >= 11 is 3.49. The van der Waals surface area contributed by atoms with Gasteiger partial charge in [-0.3, -0.25) is 0 Å². The van der Waals surface area contributed by atoms with Crippen molar-refractivity contribution in [3.8, 4) is 28.5 Å². The predicted octanol–water partition coefficient (Wildman–Crippen LogP) is 5.67. The number of hydrogen-bond donors (Lipinski definition) is 0. The summed E-state index contributed by atoms with van der Waals surface area (Å²) in [5.41, 5.74) is 4.25. The normalized spacial score (nSPS) is 10.8. The van der Waals surface area contributed by atoms with Gasteiger partial charge in [0, 0.05) is 15.6 Å². The number of hydrogen-bond acceptors (Lipinski definition) is 2. The van der Waals surface area contributed by atoms with Crippen LogP contribution < -0.4 is 0 Å². The van der Waals surface area contributed by atoms with Crippen molar-refractivity contribution in [3.63, 3.8) is 0 Å². The van der Waals surface area contributed by atoms with E-state index in [1.165, 1.54) is 5.56 Å². The van der Waals surface area contributed by atoms with E-state index in [1.54, 1.807) is 0 Å². The molecular formula is C21H16BrN3. The van der Waals surface area contributed by atoms with Crippen molar-refractivity contribution in [2.45, 2.75) is 6.92 Å². The summed E-state index contributed by atoms with van der Waals surface area (Å²) in [6, 6.07) is 26.5. The number of rotatable bonds is 3. The second-order valence-electron chi connectivity index (χ2n) is 5.88. The molecule has 0 spiro atoms. The molecule has 0 amide bonds. The van der Waals surface area contributed by atoms with E-state index in [9.17, 15) is 0 Å². The summed E-state index contributed by atoms with van der Waals surface area (Å²) < 4.78 is 2.95. The average molecular weight is 390 g/mol. The lowest BCUT2D eigenvalue weighted by Crippen LogP contribution is -1.99. The van der Waals surface area contributed by atoms with E-state index in [2.05, 4.69) is 47.1 Å². The molecule has 0 saturated carbocycles. The maximum Gasteiger partial charge on any atom is 0.182 e. The van der Waals surface area contributed by atoms with Gasteiger partial charge in [0.2, 0.25) is 0 Å². The minimum absolute atomic E-state index is 0.721. The van der Waals surface area contributed by atoms with Gasteiger partial charge in [-0.2, -0.15) is 0 Å². The van der Waals surface area contributed by atoms with Gasteiger partial charge in [-0.25, -0.2) is 9.67 Å². The van der Waals surface area contributed by atoms with Crippen LogP contribution in [0.25, 0.3) is 28.5 Å². The molecule has 1 aromatic heterocycles. The van der Waals surface area contributed by atoms with Gasteiger partial charge in [0.05, 0.1) is 5.69 Å². The van der Waals surface area contributed by atoms with Crippen molar-refractivity contribution in [1.29, 1.82) is 0 Å². The Morgan fingerprint density at radius 3 is 2.12 bits per heavy atom. The zero-order chi connectivity index (χ0) is 17.2. The van der Waals surface area contributed by atoms with Gasteiger partial charge in [0.15, 0.2) is 11.6 Å². The molecule has 0 aliphatic carbocycles. The molecular weight excluding hydrogens is 374 g/mol. The summed E-state index contributed by atoms with van der Waals surface area (Å²) in [6.07, 6.45) is 0. The first-order valence-corrected chi connectivity index (χ1v) is 8.85. The summed E-state index contributed by atoms with van der Waals surface area (Å²) in [5.74, 6) is 1.55. The Morgan fingerprint density at radius 2 is 1.44 bits per heavy atom. The van der Waals surface area contributed by atoms with Gasteiger partial charge < -0.3 is 0 Å². The van der Waals surface area contributed by atoms with Crippen LogP contribution in [0.1, 0.15) is 5.56 Å². The molecule has 25 heavy (non-hydrogen) atoms. The summed E-state index contributed by atoms with van der Waals surface area (Å²) in [5, 5.41) is 4.77. The Morgan fingerprint density at radius 1 is 0.760 bits per heavy atom. The molecule has 0 saturated heterocycles. The molecule has 3 nitrogen and oxygen atoms in total. The molecule has 0 radical (unpaired) electrons. The van der Waals surface area contributed by atoms with Gasteiger partial charge >= 0.3 is 0 Å². The molecule has 122 valence electrons. The number of halogens is 1. The molecule has 0 aliphatic rings. The minimum atomic E-state index is 0.721. The number of aryl methyl sites for hydroxylation is 1. The highest BCUT2D eigenvalue weighted by molar-refractivity contribution is 9.10. The molecule has 4 rings (SSSR count). The summed E-state index contributed by atoms with van der Waals surface area (Å²) in [6.45, 7) is 2.08. The highest BCUT2D eigenvalue weighted by Crippen LogP contribution is 2.26. The van der Waals surface area contributed by atoms with Crippen LogP contribution in [0.4, 0.5) is 0 Å². The topological polar surface area (TPSA) is 30.7 Å². The van der Waals surface area contributed by atoms with Crippen LogP contribution in [0.3, 0.4) is 0 Å². The Bertz CT molecular complexity index is 925. The molecule has 0 N–H and O–H groups in total. The molecule has 0 unspecified atom stereocenters. The first-order chi connectivity index (χ1) is 12.2. The Balaban J connectivity index is 1.89. The van der Waals surface area contributed by atoms with Crippen molar-refractivity contribution in [3.05, 3.63) is 88.9 Å². The standard InChI is InChI=1S/C21H16BrN3/c1-15-7-13-19(14-8-15)25-21(17-9-11-18(22)12-10-17)23-20(24-25)16-5-3-2-4-6-16/h2-14H,1H3. The van der Waals surface area contributed by atoms with Gasteiger partial charge in [-0.1, -0.05) is 76.1 Å². The Kier molecular flexibility index (Phi) is 4.20. The van der Waals surface area contributed by atoms with Crippen LogP contribution in [0.15, 0.2) is 83.3 Å². The van der Waals surface area contributed by atoms with E-state index in [0.29, 0.717) is 0 Å². The predicted molar refractivity (Wildman–Crippen MR) is 105 cm³/mol. The van der Waals surface area contributed by atoms with Crippen LogP contribution in [0, 0.1) is 6.92 Å². The van der Waals surface area contributed by atoms with Gasteiger partial charge in [-0.15, -0.1) is 5.10 Å². The second kappa shape index (κ2) is 6.65. The molecule has 0 atom stereocenters. The molecule has 0 fully saturated rings. The van der Waals surface area contributed by atoms with Gasteiger partial charge in [-0.05, 0) is 31.2 Å². The van der Waals surface area contributed by atoms with Crippen LogP contribution in [0.2, 0.25) is 0 Å². The van der Waals surface area contributed by atoms with Gasteiger partial charge in [0.25, 0.3) is 0 Å². The first-order valence-electron chi connectivity index (χ1n) is 8.06. The van der Waals surface area contributed by atoms with Crippen LogP contribution in [-0.2, 0) is 0 Å². The third-order valence-electron chi connectivity index (χ3n) is 4.02. The molecule has 4 heteroatoms. The lowest BCUT2D eigenvalue weighted by atomic mass is 10.2. The van der Waals surface area contributed by atoms with Crippen molar-refractivity contribution >= 4 is 15.9 Å². The Hall–Kier alpha value is -2.72. The highest BCUT2D eigenvalue weighted by atomic mass is 79.9. The van der Waals surface area contributed by atoms with E-state index in [-0.39, 0.29) is 0 Å². The minimum Gasteiger partial charge on any atom is -0.213 e. The van der Waals surface area contributed by atoms with Crippen molar-refractivity contribution < 1.29 is 0 Å². The van der Waals surface area contributed by atoms with Crippen molar-refractivity contribution in [1.82, 2.24) is 14.8 Å². The average Bonchev–Trinajstić information content (AvgIpc) is 3.09. The zero-order valence-corrected chi connectivity index (χ0v) is 15.3. The van der Waals surface area contributed by atoms with E-state index in [4.69, 9.17) is 10.1 Å². The lowest BCUT2D eigenvalue weighted by Gasteiger charge is -2.06. The zero-order valence-electron chi connectivity index (χ0n) is 13.7. The fourth-order valence-electron chi connectivity index (χ4n) is 2.67. The van der Waals surface area contributed by atoms with E-state index < -0.39 is 0 Å². The summed E-state index contributed by atoms with van der Waals surface area (Å²) in [4.78, 5) is 4.82. The van der Waals surface area contributed by atoms with E-state index >= 15 is 0 Å². The monoisotopic (exact) mass is 389 g/mol. The third-order valence-corrected chi connectivity index (χ3v) is 4.55. The largest absolute Gasteiger partial charge is 0.213 e.